The molecule has 3 aromatic rings. The molecule has 1 aliphatic rings. The van der Waals surface area contributed by atoms with Crippen LogP contribution in [0.15, 0.2) is 51.9 Å². The Morgan fingerprint density at radius 3 is 2.59 bits per heavy atom. The van der Waals surface area contributed by atoms with Gasteiger partial charge in [0.1, 0.15) is 5.75 Å². The number of ether oxygens (including phenoxy) is 1. The van der Waals surface area contributed by atoms with Gasteiger partial charge in [0.2, 0.25) is 4.80 Å². The molecular formula is C22H25N3OS. The molecule has 140 valence electrons. The van der Waals surface area contributed by atoms with Crippen molar-refractivity contribution in [2.24, 2.45) is 10.1 Å². The van der Waals surface area contributed by atoms with Crippen molar-refractivity contribution >= 4 is 27.8 Å². The molecule has 0 aliphatic heterocycles. The third-order valence-corrected chi connectivity index (χ3v) is 5.85. The van der Waals surface area contributed by atoms with Gasteiger partial charge in [0.15, 0.2) is 0 Å². The lowest BCUT2D eigenvalue weighted by atomic mass is 9.99. The van der Waals surface area contributed by atoms with Crippen LogP contribution in [0.3, 0.4) is 0 Å². The zero-order chi connectivity index (χ0) is 18.6. The van der Waals surface area contributed by atoms with Gasteiger partial charge in [-0.3, -0.25) is 4.99 Å². The molecule has 4 rings (SSSR count). The van der Waals surface area contributed by atoms with Gasteiger partial charge in [0, 0.05) is 23.2 Å². The Bertz CT molecular complexity index is 1040. The van der Waals surface area contributed by atoms with Gasteiger partial charge in [0.25, 0.3) is 0 Å². The van der Waals surface area contributed by atoms with Gasteiger partial charge < -0.3 is 4.74 Å². The van der Waals surface area contributed by atoms with Gasteiger partial charge in [-0.15, -0.1) is 11.3 Å². The molecular weight excluding hydrogens is 354 g/mol. The van der Waals surface area contributed by atoms with Crippen molar-refractivity contribution in [1.29, 1.82) is 0 Å². The van der Waals surface area contributed by atoms with Crippen molar-refractivity contribution in [1.82, 2.24) is 4.68 Å². The van der Waals surface area contributed by atoms with Crippen LogP contribution in [-0.4, -0.2) is 24.0 Å². The molecule has 2 aromatic carbocycles. The van der Waals surface area contributed by atoms with E-state index < -0.39 is 0 Å². The van der Waals surface area contributed by atoms with Crippen molar-refractivity contribution in [3.63, 3.8) is 0 Å². The number of fused-ring (bicyclic) bond motifs is 1. The summed E-state index contributed by atoms with van der Waals surface area (Å²) in [5.41, 5.74) is 3.58. The van der Waals surface area contributed by atoms with Crippen LogP contribution in [0.4, 0.5) is 0 Å². The molecule has 0 radical (unpaired) electrons. The standard InChI is InChI=1S/C22H25N3OS/c1-3-23-22-25(24-19-7-5-4-6-8-19)21(15-27-22)18-10-9-17-14-20(26-2)12-11-16(17)13-18/h9-15H,3-8H2,1-2H3. The lowest BCUT2D eigenvalue weighted by molar-refractivity contribution is 0.415. The molecule has 1 aromatic heterocycles. The summed E-state index contributed by atoms with van der Waals surface area (Å²) in [7, 11) is 1.70. The number of nitrogens with zero attached hydrogens (tertiary/aromatic N) is 3. The highest BCUT2D eigenvalue weighted by Crippen LogP contribution is 2.28. The van der Waals surface area contributed by atoms with Gasteiger partial charge in [0.05, 0.1) is 12.8 Å². The molecule has 1 saturated carbocycles. The highest BCUT2D eigenvalue weighted by atomic mass is 32.1. The first kappa shape index (κ1) is 18.0. The minimum Gasteiger partial charge on any atom is -0.497 e. The highest BCUT2D eigenvalue weighted by molar-refractivity contribution is 7.07. The average molecular weight is 380 g/mol. The first-order valence-electron chi connectivity index (χ1n) is 9.64. The predicted octanol–water partition coefficient (Wildman–Crippen LogP) is 5.47. The molecule has 0 amide bonds. The highest BCUT2D eigenvalue weighted by Gasteiger charge is 2.12. The topological polar surface area (TPSA) is 38.9 Å². The third kappa shape index (κ3) is 3.83. The minimum absolute atomic E-state index is 0.766. The summed E-state index contributed by atoms with van der Waals surface area (Å²) in [6.07, 6.45) is 6.02. The number of hydrogen-bond acceptors (Lipinski definition) is 4. The van der Waals surface area contributed by atoms with Gasteiger partial charge in [-0.25, -0.2) is 4.68 Å². The maximum Gasteiger partial charge on any atom is 0.206 e. The molecule has 0 spiro atoms. The second-order valence-electron chi connectivity index (χ2n) is 6.84. The molecule has 0 N–H and O–H groups in total. The fraction of sp³-hybridized carbons (Fsp3) is 0.364. The molecule has 0 unspecified atom stereocenters. The quantitative estimate of drug-likeness (QED) is 0.592. The monoisotopic (exact) mass is 379 g/mol. The normalized spacial score (nSPS) is 15.3. The van der Waals surface area contributed by atoms with Crippen molar-refractivity contribution in [2.45, 2.75) is 39.0 Å². The Morgan fingerprint density at radius 2 is 1.81 bits per heavy atom. The van der Waals surface area contributed by atoms with Crippen LogP contribution in [0.2, 0.25) is 0 Å². The summed E-state index contributed by atoms with van der Waals surface area (Å²) in [4.78, 5) is 5.63. The van der Waals surface area contributed by atoms with Crippen molar-refractivity contribution < 1.29 is 4.74 Å². The third-order valence-electron chi connectivity index (χ3n) is 4.99. The summed E-state index contributed by atoms with van der Waals surface area (Å²) >= 11 is 1.66. The Morgan fingerprint density at radius 1 is 1.04 bits per heavy atom. The van der Waals surface area contributed by atoms with Gasteiger partial charge in [-0.05, 0) is 61.6 Å². The minimum atomic E-state index is 0.766. The molecule has 27 heavy (non-hydrogen) atoms. The number of rotatable bonds is 4. The number of aromatic nitrogens is 1. The summed E-state index contributed by atoms with van der Waals surface area (Å²) in [6, 6.07) is 12.7. The zero-order valence-electron chi connectivity index (χ0n) is 15.9. The van der Waals surface area contributed by atoms with E-state index in [1.165, 1.54) is 41.3 Å². The van der Waals surface area contributed by atoms with E-state index >= 15 is 0 Å². The van der Waals surface area contributed by atoms with E-state index in [2.05, 4.69) is 52.3 Å². The van der Waals surface area contributed by atoms with Crippen LogP contribution >= 0.6 is 11.3 Å². The van der Waals surface area contributed by atoms with Crippen LogP contribution in [0.25, 0.3) is 22.0 Å². The van der Waals surface area contributed by atoms with Gasteiger partial charge in [-0.2, -0.15) is 5.10 Å². The van der Waals surface area contributed by atoms with Crippen LogP contribution in [0.1, 0.15) is 39.0 Å². The van der Waals surface area contributed by atoms with E-state index in [0.29, 0.717) is 0 Å². The van der Waals surface area contributed by atoms with E-state index in [9.17, 15) is 0 Å². The van der Waals surface area contributed by atoms with Gasteiger partial charge in [-0.1, -0.05) is 24.6 Å². The molecule has 0 bridgehead atoms. The first-order valence-corrected chi connectivity index (χ1v) is 10.5. The summed E-state index contributed by atoms with van der Waals surface area (Å²) in [6.45, 7) is 2.84. The maximum absolute atomic E-state index is 5.34. The van der Waals surface area contributed by atoms with E-state index in [4.69, 9.17) is 9.84 Å². The second kappa shape index (κ2) is 8.09. The molecule has 5 heteroatoms. The Kier molecular flexibility index (Phi) is 5.39. The number of benzene rings is 2. The summed E-state index contributed by atoms with van der Waals surface area (Å²) in [5.74, 6) is 0.883. The van der Waals surface area contributed by atoms with E-state index in [1.54, 1.807) is 18.4 Å². The van der Waals surface area contributed by atoms with Crippen LogP contribution in [0.5, 0.6) is 5.75 Å². The SMILES string of the molecule is CCN=c1scc(-c2ccc3cc(OC)ccc3c2)n1N=C1CCCCC1. The fourth-order valence-corrected chi connectivity index (χ4v) is 4.44. The van der Waals surface area contributed by atoms with Crippen molar-refractivity contribution in [3.05, 3.63) is 46.6 Å². The predicted molar refractivity (Wildman–Crippen MR) is 114 cm³/mol. The fourth-order valence-electron chi connectivity index (χ4n) is 3.55. The molecule has 0 saturated heterocycles. The first-order chi connectivity index (χ1) is 13.3. The van der Waals surface area contributed by atoms with Crippen LogP contribution in [0, 0.1) is 0 Å². The van der Waals surface area contributed by atoms with E-state index in [0.717, 1.165) is 35.6 Å². The van der Waals surface area contributed by atoms with Gasteiger partial charge >= 0.3 is 0 Å². The Hall–Kier alpha value is -2.40. The van der Waals surface area contributed by atoms with E-state index in [1.807, 2.05) is 6.07 Å². The van der Waals surface area contributed by atoms with Crippen molar-refractivity contribution in [3.8, 4) is 17.0 Å². The zero-order valence-corrected chi connectivity index (χ0v) is 16.8. The van der Waals surface area contributed by atoms with Crippen LogP contribution in [-0.2, 0) is 0 Å². The molecule has 1 aliphatic carbocycles. The number of methoxy groups -OCH3 is 1. The maximum atomic E-state index is 5.34. The Balaban J connectivity index is 1.81. The lowest BCUT2D eigenvalue weighted by Crippen LogP contribution is -2.16. The average Bonchev–Trinajstić information content (AvgIpc) is 3.10. The molecule has 1 heterocycles. The lowest BCUT2D eigenvalue weighted by Gasteiger charge is -2.13. The molecule has 1 fully saturated rings. The number of hydrogen-bond donors (Lipinski definition) is 0. The van der Waals surface area contributed by atoms with Crippen LogP contribution < -0.4 is 9.54 Å². The second-order valence-corrected chi connectivity index (χ2v) is 7.68. The Labute approximate surface area is 163 Å². The largest absolute Gasteiger partial charge is 0.497 e. The van der Waals surface area contributed by atoms with E-state index in [-0.39, 0.29) is 0 Å². The summed E-state index contributed by atoms with van der Waals surface area (Å²) < 4.78 is 7.39. The molecule has 4 nitrogen and oxygen atoms in total. The number of thiazole rings is 1. The van der Waals surface area contributed by atoms with Crippen molar-refractivity contribution in [2.75, 3.05) is 13.7 Å². The summed E-state index contributed by atoms with van der Waals surface area (Å²) in [5, 5.41) is 9.56. The smallest absolute Gasteiger partial charge is 0.206 e. The molecule has 0 atom stereocenters.